The highest BCUT2D eigenvalue weighted by molar-refractivity contribution is 7.80. The number of thiocarbonyl (C=S) groups is 2. The van der Waals surface area contributed by atoms with Crippen LogP contribution in [0.25, 0.3) is 0 Å². The van der Waals surface area contributed by atoms with E-state index in [1.54, 1.807) is 0 Å². The first kappa shape index (κ1) is 25.8. The Kier molecular flexibility index (Phi) is 20.9. The van der Waals surface area contributed by atoms with E-state index in [9.17, 15) is 0 Å². The Balaban J connectivity index is 3.31. The minimum Gasteiger partial charge on any atom is -0.380 e. The second-order valence-electron chi connectivity index (χ2n) is 7.44. The molecule has 0 bridgehead atoms. The van der Waals surface area contributed by atoms with Crippen molar-refractivity contribution in [3.63, 3.8) is 0 Å². The lowest BCUT2D eigenvalue weighted by molar-refractivity contribution is 0.600. The van der Waals surface area contributed by atoms with Gasteiger partial charge >= 0.3 is 0 Å². The Morgan fingerprint density at radius 3 is 1.23 bits per heavy atom. The summed E-state index contributed by atoms with van der Waals surface area (Å²) in [5, 5.41) is 6.81. The summed E-state index contributed by atoms with van der Waals surface area (Å²) in [6, 6.07) is 0. The topological polar surface area (TPSA) is 24.1 Å². The van der Waals surface area contributed by atoms with Gasteiger partial charge in [-0.15, -0.1) is 0 Å². The molecule has 0 atom stereocenters. The fourth-order valence-electron chi connectivity index (χ4n) is 3.01. The minimum atomic E-state index is 1.01. The highest BCUT2D eigenvalue weighted by Gasteiger charge is 2.00. The Morgan fingerprint density at radius 1 is 0.500 bits per heavy atom. The van der Waals surface area contributed by atoms with Gasteiger partial charge in [0.05, 0.1) is 9.98 Å². The molecular formula is C22H44N2S2. The third kappa shape index (κ3) is 20.1. The lowest BCUT2D eigenvalue weighted by Crippen LogP contribution is -2.23. The molecule has 0 saturated carbocycles. The quantitative estimate of drug-likeness (QED) is 0.178. The van der Waals surface area contributed by atoms with Crippen LogP contribution in [0.4, 0.5) is 0 Å². The fraction of sp³-hybridized carbons (Fsp3) is 0.909. The molecule has 154 valence electrons. The lowest BCUT2D eigenvalue weighted by atomic mass is 10.1. The molecule has 4 heteroatoms. The first-order valence-electron chi connectivity index (χ1n) is 11.2. The van der Waals surface area contributed by atoms with Crippen molar-refractivity contribution in [2.24, 2.45) is 0 Å². The standard InChI is InChI=1S/C22H44N2S2/c1-3-5-7-9-11-15-19-23-21(25)17-13-14-18-22(26)24-20-16-12-10-8-6-4-2/h3-20H2,1-2H3,(H,23,25)(H,24,26). The van der Waals surface area contributed by atoms with Crippen molar-refractivity contribution < 1.29 is 0 Å². The molecule has 0 heterocycles. The van der Waals surface area contributed by atoms with E-state index in [1.807, 2.05) is 0 Å². The molecule has 0 saturated heterocycles. The Hall–Kier alpha value is -0.220. The summed E-state index contributed by atoms with van der Waals surface area (Å²) >= 11 is 10.8. The molecule has 0 unspecified atom stereocenters. The van der Waals surface area contributed by atoms with Crippen LogP contribution in [0.15, 0.2) is 0 Å². The van der Waals surface area contributed by atoms with E-state index in [0.717, 1.165) is 48.7 Å². The predicted octanol–water partition coefficient (Wildman–Crippen LogP) is 7.10. The summed E-state index contributed by atoms with van der Waals surface area (Å²) in [6.07, 6.45) is 20.3. The van der Waals surface area contributed by atoms with E-state index >= 15 is 0 Å². The maximum absolute atomic E-state index is 5.42. The summed E-state index contributed by atoms with van der Waals surface area (Å²) < 4.78 is 0. The van der Waals surface area contributed by atoms with Crippen molar-refractivity contribution in [1.82, 2.24) is 10.6 Å². The average molecular weight is 401 g/mol. The second kappa shape index (κ2) is 21.1. The van der Waals surface area contributed by atoms with Gasteiger partial charge in [0.15, 0.2) is 0 Å². The van der Waals surface area contributed by atoms with Crippen LogP contribution in [0, 0.1) is 0 Å². The second-order valence-corrected chi connectivity index (χ2v) is 8.43. The zero-order valence-corrected chi connectivity index (χ0v) is 19.2. The molecule has 0 aromatic rings. The number of nitrogens with one attached hydrogen (secondary N) is 2. The van der Waals surface area contributed by atoms with E-state index in [0.29, 0.717) is 0 Å². The van der Waals surface area contributed by atoms with Gasteiger partial charge < -0.3 is 10.6 Å². The highest BCUT2D eigenvalue weighted by Crippen LogP contribution is 2.06. The molecule has 0 aromatic heterocycles. The number of hydrogen-bond donors (Lipinski definition) is 2. The molecular weight excluding hydrogens is 356 g/mol. The van der Waals surface area contributed by atoms with E-state index in [-0.39, 0.29) is 0 Å². The first-order valence-corrected chi connectivity index (χ1v) is 12.1. The van der Waals surface area contributed by atoms with Gasteiger partial charge in [-0.2, -0.15) is 0 Å². The van der Waals surface area contributed by atoms with Gasteiger partial charge in [0.1, 0.15) is 0 Å². The molecule has 0 rings (SSSR count). The van der Waals surface area contributed by atoms with Crippen LogP contribution in [0.1, 0.15) is 117 Å². The molecule has 0 aliphatic carbocycles. The fourth-order valence-corrected chi connectivity index (χ4v) is 3.51. The zero-order valence-electron chi connectivity index (χ0n) is 17.5. The van der Waals surface area contributed by atoms with Crippen LogP contribution in [0.3, 0.4) is 0 Å². The third-order valence-electron chi connectivity index (χ3n) is 4.76. The van der Waals surface area contributed by atoms with Crippen molar-refractivity contribution in [2.45, 2.75) is 117 Å². The molecule has 0 fully saturated rings. The SMILES string of the molecule is CCCCCCCCNC(=S)CCCCC(=S)NCCCCCCCC. The first-order chi connectivity index (χ1) is 12.7. The Bertz CT molecular complexity index is 300. The molecule has 2 nitrogen and oxygen atoms in total. The van der Waals surface area contributed by atoms with Crippen LogP contribution in [0.5, 0.6) is 0 Å². The van der Waals surface area contributed by atoms with Crippen LogP contribution in [-0.4, -0.2) is 23.1 Å². The molecule has 0 spiro atoms. The Labute approximate surface area is 174 Å². The van der Waals surface area contributed by atoms with E-state index < -0.39 is 0 Å². The van der Waals surface area contributed by atoms with Crippen molar-refractivity contribution >= 4 is 34.4 Å². The smallest absolute Gasteiger partial charge is 0.0753 e. The lowest BCUT2D eigenvalue weighted by Gasteiger charge is -2.09. The summed E-state index contributed by atoms with van der Waals surface area (Å²) in [5.74, 6) is 0. The normalized spacial score (nSPS) is 10.7. The van der Waals surface area contributed by atoms with Gasteiger partial charge in [-0.1, -0.05) is 102 Å². The molecule has 0 aliphatic rings. The van der Waals surface area contributed by atoms with Gasteiger partial charge in [-0.05, 0) is 38.5 Å². The van der Waals surface area contributed by atoms with Crippen LogP contribution < -0.4 is 10.6 Å². The van der Waals surface area contributed by atoms with Crippen LogP contribution in [0.2, 0.25) is 0 Å². The Morgan fingerprint density at radius 2 is 0.846 bits per heavy atom. The predicted molar refractivity (Wildman–Crippen MR) is 126 cm³/mol. The molecule has 2 N–H and O–H groups in total. The average Bonchev–Trinajstić information content (AvgIpc) is 2.64. The highest BCUT2D eigenvalue weighted by atomic mass is 32.1. The van der Waals surface area contributed by atoms with Gasteiger partial charge in [0.2, 0.25) is 0 Å². The molecule has 0 amide bonds. The molecule has 0 radical (unpaired) electrons. The van der Waals surface area contributed by atoms with Gasteiger partial charge in [-0.3, -0.25) is 0 Å². The summed E-state index contributed by atoms with van der Waals surface area (Å²) in [7, 11) is 0. The maximum Gasteiger partial charge on any atom is 0.0753 e. The summed E-state index contributed by atoms with van der Waals surface area (Å²) in [5.41, 5.74) is 0. The minimum absolute atomic E-state index is 1.01. The molecule has 0 aliphatic heterocycles. The van der Waals surface area contributed by atoms with E-state index in [1.165, 1.54) is 77.0 Å². The van der Waals surface area contributed by atoms with Crippen molar-refractivity contribution in [2.75, 3.05) is 13.1 Å². The molecule has 0 aromatic carbocycles. The van der Waals surface area contributed by atoms with Gasteiger partial charge in [0.25, 0.3) is 0 Å². The largest absolute Gasteiger partial charge is 0.380 e. The van der Waals surface area contributed by atoms with Crippen molar-refractivity contribution in [3.8, 4) is 0 Å². The zero-order chi connectivity index (χ0) is 19.3. The van der Waals surface area contributed by atoms with Gasteiger partial charge in [0, 0.05) is 13.1 Å². The molecule has 26 heavy (non-hydrogen) atoms. The summed E-state index contributed by atoms with van der Waals surface area (Å²) in [4.78, 5) is 2.06. The third-order valence-corrected chi connectivity index (χ3v) is 5.46. The number of unbranched alkanes of at least 4 members (excludes halogenated alkanes) is 11. The van der Waals surface area contributed by atoms with Crippen LogP contribution >= 0.6 is 24.4 Å². The van der Waals surface area contributed by atoms with E-state index in [4.69, 9.17) is 24.4 Å². The number of rotatable bonds is 19. The van der Waals surface area contributed by atoms with Gasteiger partial charge in [-0.25, -0.2) is 0 Å². The maximum atomic E-state index is 5.42. The monoisotopic (exact) mass is 400 g/mol. The van der Waals surface area contributed by atoms with E-state index in [2.05, 4.69) is 24.5 Å². The van der Waals surface area contributed by atoms with Crippen molar-refractivity contribution in [1.29, 1.82) is 0 Å². The van der Waals surface area contributed by atoms with Crippen LogP contribution in [-0.2, 0) is 0 Å². The van der Waals surface area contributed by atoms with Crippen molar-refractivity contribution in [3.05, 3.63) is 0 Å². The number of hydrogen-bond acceptors (Lipinski definition) is 2. The summed E-state index contributed by atoms with van der Waals surface area (Å²) in [6.45, 7) is 6.61.